The summed E-state index contributed by atoms with van der Waals surface area (Å²) in [5, 5.41) is 42.9. The summed E-state index contributed by atoms with van der Waals surface area (Å²) >= 11 is 0. The number of carbonyl (C=O) groups excluding carboxylic acids is 1. The number of aliphatic hydroxyl groups excluding tert-OH is 1. The summed E-state index contributed by atoms with van der Waals surface area (Å²) in [7, 11) is 0. The smallest absolute Gasteiger partial charge is 0.187 e. The lowest BCUT2D eigenvalue weighted by molar-refractivity contribution is -0.112. The minimum atomic E-state index is -0.125. The molecule has 0 spiro atoms. The number of nitrogens with one attached hydrogen (secondary N) is 8. The molecule has 15 heteroatoms. The molecule has 5 saturated heterocycles. The molecule has 5 aliphatic heterocycles. The fourth-order valence-corrected chi connectivity index (χ4v) is 15.6. The predicted octanol–water partition coefficient (Wildman–Crippen LogP) is 6.69. The Balaban J connectivity index is 0.000000723. The molecule has 4 aliphatic carbocycles. The van der Waals surface area contributed by atoms with Crippen LogP contribution in [0.15, 0.2) is 133 Å². The Bertz CT molecular complexity index is 2200. The van der Waals surface area contributed by atoms with E-state index < -0.39 is 0 Å². The molecule has 9 fully saturated rings. The van der Waals surface area contributed by atoms with Crippen LogP contribution in [0, 0.1) is 47.3 Å². The van der Waals surface area contributed by atoms with E-state index in [1.807, 2.05) is 0 Å². The van der Waals surface area contributed by atoms with Crippen LogP contribution in [-0.2, 0) is 4.79 Å². The monoisotopic (exact) mass is 1050 g/mol. The van der Waals surface area contributed by atoms with Crippen LogP contribution in [0.25, 0.3) is 0 Å². The molecular weight excluding hydrogens is 968 g/mol. The Kier molecular flexibility index (Phi) is 17.1. The summed E-state index contributed by atoms with van der Waals surface area (Å²) < 4.78 is 28.2. The highest BCUT2D eigenvalue weighted by atomic mass is 27.0. The first-order valence-electron chi connectivity index (χ1n) is 28.6. The van der Waals surface area contributed by atoms with E-state index in [1.54, 1.807) is 0 Å². The molecule has 13 rings (SSSR count). The van der Waals surface area contributed by atoms with Gasteiger partial charge in [0.05, 0.1) is 55.1 Å². The number of benzene rings is 4. The van der Waals surface area contributed by atoms with Gasteiger partial charge in [0.2, 0.25) is 0 Å². The largest absolute Gasteiger partial charge is 0.512 e. The first-order chi connectivity index (χ1) is 36.8. The number of allylic oxidation sites excluding steroid dienone is 2. The number of hydrogen-bond acceptors (Lipinski definition) is 14. The van der Waals surface area contributed by atoms with Gasteiger partial charge in [-0.25, -0.2) is 0 Å². The second-order valence-electron chi connectivity index (χ2n) is 23.1. The van der Waals surface area contributed by atoms with Crippen LogP contribution in [0.1, 0.15) is 90.9 Å². The molecule has 4 saturated carbocycles. The molecule has 12 unspecified atom stereocenters. The van der Waals surface area contributed by atoms with E-state index in [9.17, 15) is 4.79 Å². The Morgan fingerprint density at radius 3 is 0.789 bits per heavy atom. The van der Waals surface area contributed by atoms with Crippen LogP contribution in [0.3, 0.4) is 0 Å². The highest BCUT2D eigenvalue weighted by Gasteiger charge is 2.59. The average molecular weight is 1050 g/mol. The van der Waals surface area contributed by atoms with Crippen molar-refractivity contribution in [3.63, 3.8) is 0 Å². The third kappa shape index (κ3) is 11.6. The second kappa shape index (κ2) is 24.3. The lowest BCUT2D eigenvalue weighted by atomic mass is 9.74. The van der Waals surface area contributed by atoms with Crippen molar-refractivity contribution in [1.29, 1.82) is 0 Å². The van der Waals surface area contributed by atoms with E-state index in [0.717, 1.165) is 100 Å². The van der Waals surface area contributed by atoms with Crippen molar-refractivity contribution < 1.29 is 28.8 Å². The predicted molar refractivity (Wildman–Crippen MR) is 299 cm³/mol. The van der Waals surface area contributed by atoms with Gasteiger partial charge >= 0.3 is 0 Å². The first-order valence-corrected chi connectivity index (χ1v) is 28.6. The van der Waals surface area contributed by atoms with Gasteiger partial charge in [-0.05, 0) is 163 Å². The number of fused-ring (bicyclic) bond motifs is 20. The first kappa shape index (κ1) is 53.5. The maximum Gasteiger partial charge on any atom is 0.187 e. The number of rotatable bonds is 9. The van der Waals surface area contributed by atoms with Gasteiger partial charge in [0.25, 0.3) is 0 Å². The molecule has 4 aromatic carbocycles. The Morgan fingerprint density at radius 1 is 0.382 bits per heavy atom. The lowest BCUT2D eigenvalue weighted by Crippen LogP contribution is -2.62. The van der Waals surface area contributed by atoms with Crippen molar-refractivity contribution in [3.05, 3.63) is 133 Å². The molecule has 12 atom stereocenters. The van der Waals surface area contributed by atoms with E-state index in [-0.39, 0.29) is 126 Å². The van der Waals surface area contributed by atoms with E-state index in [1.165, 1.54) is 19.9 Å². The van der Waals surface area contributed by atoms with Crippen molar-refractivity contribution in [1.82, 2.24) is 42.5 Å². The highest BCUT2D eigenvalue weighted by molar-refractivity contribution is 5.87. The number of ketones is 1. The zero-order valence-corrected chi connectivity index (χ0v) is 43.6. The van der Waals surface area contributed by atoms with Gasteiger partial charge in [0, 0.05) is 29.7 Å². The normalized spacial score (nSPS) is 39.3. The summed E-state index contributed by atoms with van der Waals surface area (Å²) in [6.07, 6.45) is 15.3. The van der Waals surface area contributed by atoms with Crippen molar-refractivity contribution in [2.75, 3.05) is 0 Å². The molecule has 14 nitrogen and oxygen atoms in total. The van der Waals surface area contributed by atoms with E-state index in [4.69, 9.17) is 24.1 Å². The van der Waals surface area contributed by atoms with Gasteiger partial charge < -0.3 is 24.1 Å². The maximum absolute atomic E-state index is 10.0. The fraction of sp³-hybridized carbons (Fsp3) is 0.557. The van der Waals surface area contributed by atoms with Crippen LogP contribution in [0.2, 0.25) is 0 Å². The zero-order valence-electron chi connectivity index (χ0n) is 43.6. The minimum absolute atomic E-state index is 0. The SMILES string of the molecule is CC(=O)/C=C(/C)O.[AlH3].c1ccc(OC2CCCC3C4NC(NC5NC(NC6NC(NC7NC(N4)C4C(Oc8ccccc8)CCCC74)C4C(Oc7ccccc7)CCCC64)C4C(Oc6ccccc6)CCCC54)C23)cc1. The molecule has 406 valence electrons. The van der Waals surface area contributed by atoms with Gasteiger partial charge in [-0.2, -0.15) is 0 Å². The molecular formula is C61H83AlN8O6. The number of para-hydroxylation sites is 4. The van der Waals surface area contributed by atoms with E-state index >= 15 is 0 Å². The van der Waals surface area contributed by atoms with Gasteiger partial charge in [0.15, 0.2) is 23.1 Å². The fourth-order valence-electron chi connectivity index (χ4n) is 15.6. The number of ether oxygens (including phenoxy) is 4. The summed E-state index contributed by atoms with van der Waals surface area (Å²) in [6, 6.07) is 42.1. The minimum Gasteiger partial charge on any atom is -0.512 e. The van der Waals surface area contributed by atoms with Crippen molar-refractivity contribution in [2.24, 2.45) is 47.3 Å². The van der Waals surface area contributed by atoms with Crippen molar-refractivity contribution in [3.8, 4) is 23.0 Å². The quantitative estimate of drug-likeness (QED) is 0.0494. The summed E-state index contributed by atoms with van der Waals surface area (Å²) in [6.45, 7) is 2.85. The van der Waals surface area contributed by atoms with Gasteiger partial charge in [-0.3, -0.25) is 47.3 Å². The molecule has 0 aromatic heterocycles. The van der Waals surface area contributed by atoms with Crippen molar-refractivity contribution in [2.45, 2.75) is 165 Å². The molecule has 0 amide bonds. The average Bonchev–Trinajstić information content (AvgIpc) is 4.18. The molecule has 9 aliphatic rings. The Hall–Kier alpha value is -4.50. The van der Waals surface area contributed by atoms with Gasteiger partial charge in [0.1, 0.15) is 47.4 Å². The van der Waals surface area contributed by atoms with Crippen LogP contribution in [-0.4, -0.2) is 102 Å². The molecule has 9 N–H and O–H groups in total. The molecule has 0 radical (unpaired) electrons. The standard InChI is InChI=1S/C56H72N8O4.C5H8O2.Al.3H/c1-5-17-33(18-6-1)65-41-29-13-25-37-45(41)53-57-49(37)62-54-47-39(27-15-31-43(47)67-35-21-9-3-10-22-35)51(59-54)64-56-48-40(28-16-32-44(48)68-36-23-11-4-12-24-36)52(60-56)63-55-46-38(50(58-55)61-53)26-14-30-42(46)66-34-19-7-2-8-20-34;1-4(6)3-5(2)7;;;;/h1-12,17-24,37-64H,13-16,25-32H2;3,6H,1-2H3;;;;/b;4-3-;;;;. The zero-order chi connectivity index (χ0) is 50.8. The van der Waals surface area contributed by atoms with Crippen LogP contribution in [0.5, 0.6) is 23.0 Å². The van der Waals surface area contributed by atoms with E-state index in [0.29, 0.717) is 23.7 Å². The highest BCUT2D eigenvalue weighted by Crippen LogP contribution is 2.48. The molecule has 76 heavy (non-hydrogen) atoms. The third-order valence-corrected chi connectivity index (χ3v) is 18.5. The molecule has 8 bridgehead atoms. The molecule has 4 aromatic rings. The van der Waals surface area contributed by atoms with Gasteiger partial charge in [-0.1, -0.05) is 72.8 Å². The van der Waals surface area contributed by atoms with Gasteiger partial charge in [-0.15, -0.1) is 0 Å². The topological polar surface area (TPSA) is 170 Å². The summed E-state index contributed by atoms with van der Waals surface area (Å²) in [4.78, 5) is 10.0. The van der Waals surface area contributed by atoms with Crippen molar-refractivity contribution >= 4 is 23.1 Å². The third-order valence-electron chi connectivity index (χ3n) is 18.5. The number of hydrogen-bond donors (Lipinski definition) is 9. The maximum atomic E-state index is 10.0. The Morgan fingerprint density at radius 2 is 0.605 bits per heavy atom. The van der Waals surface area contributed by atoms with E-state index in [2.05, 4.69) is 164 Å². The number of aliphatic hydroxyl groups is 1. The van der Waals surface area contributed by atoms with Crippen LogP contribution >= 0.6 is 0 Å². The summed E-state index contributed by atoms with van der Waals surface area (Å²) in [5.74, 6) is 6.32. The number of carbonyl (C=O) groups is 1. The van der Waals surface area contributed by atoms with Crippen LogP contribution < -0.4 is 61.5 Å². The summed E-state index contributed by atoms with van der Waals surface area (Å²) in [5.41, 5.74) is 0. The second-order valence-corrected chi connectivity index (χ2v) is 23.1. The Labute approximate surface area is 460 Å². The molecule has 5 heterocycles. The van der Waals surface area contributed by atoms with Crippen LogP contribution in [0.4, 0.5) is 0 Å². The lowest BCUT2D eigenvalue weighted by Gasteiger charge is -2.41.